The molecule has 1 aromatic rings. The molecule has 1 aromatic heterocycles. The Morgan fingerprint density at radius 2 is 2.25 bits per heavy atom. The molecule has 0 unspecified atom stereocenters. The lowest BCUT2D eigenvalue weighted by Crippen LogP contribution is -2.00. The largest absolute Gasteiger partial charge is 0.473 e. The van der Waals surface area contributed by atoms with E-state index < -0.39 is 0 Å². The molecule has 1 heterocycles. The number of aliphatic hydroxyl groups is 1. The summed E-state index contributed by atoms with van der Waals surface area (Å²) >= 11 is 0. The van der Waals surface area contributed by atoms with Gasteiger partial charge < -0.3 is 9.84 Å². The maximum atomic E-state index is 9.13. The summed E-state index contributed by atoms with van der Waals surface area (Å²) in [5, 5.41) is 9.13. The first-order chi connectivity index (χ1) is 7.80. The summed E-state index contributed by atoms with van der Waals surface area (Å²) in [6.45, 7) is 4.60. The molecule has 0 aliphatic carbocycles. The van der Waals surface area contributed by atoms with Crippen LogP contribution in [0, 0.1) is 0 Å². The van der Waals surface area contributed by atoms with Gasteiger partial charge >= 0.3 is 0 Å². The number of aryl methyl sites for hydroxylation is 1. The van der Waals surface area contributed by atoms with E-state index in [2.05, 4.69) is 11.9 Å². The standard InChI is InChI=1S/C13H19NO2/c1-3-5-7-16-13-9-11(10-15)8-12(14-13)6-4-2/h3,5,8-9,15H,4,6-7,10H2,1-2H3/b5-3+. The van der Waals surface area contributed by atoms with E-state index in [1.54, 1.807) is 6.07 Å². The first kappa shape index (κ1) is 12.7. The molecule has 3 nitrogen and oxygen atoms in total. The van der Waals surface area contributed by atoms with E-state index >= 15 is 0 Å². The number of aliphatic hydroxyl groups excluding tert-OH is 1. The van der Waals surface area contributed by atoms with Crippen molar-refractivity contribution in [3.8, 4) is 5.88 Å². The van der Waals surface area contributed by atoms with Gasteiger partial charge in [-0.3, -0.25) is 0 Å². The molecule has 1 rings (SSSR count). The van der Waals surface area contributed by atoms with Crippen molar-refractivity contribution in [2.24, 2.45) is 0 Å². The number of pyridine rings is 1. The average Bonchev–Trinajstić information content (AvgIpc) is 2.29. The van der Waals surface area contributed by atoms with Crippen LogP contribution in [0.5, 0.6) is 5.88 Å². The predicted molar refractivity (Wildman–Crippen MR) is 64.5 cm³/mol. The van der Waals surface area contributed by atoms with Crippen LogP contribution in [-0.4, -0.2) is 16.7 Å². The van der Waals surface area contributed by atoms with E-state index in [0.717, 1.165) is 24.1 Å². The molecule has 0 spiro atoms. The molecule has 0 saturated heterocycles. The lowest BCUT2D eigenvalue weighted by molar-refractivity contribution is 0.279. The maximum absolute atomic E-state index is 9.13. The summed E-state index contributed by atoms with van der Waals surface area (Å²) in [7, 11) is 0. The van der Waals surface area contributed by atoms with Gasteiger partial charge in [0.15, 0.2) is 0 Å². The normalized spacial score (nSPS) is 10.9. The zero-order valence-electron chi connectivity index (χ0n) is 9.94. The van der Waals surface area contributed by atoms with Crippen LogP contribution in [0.2, 0.25) is 0 Å². The number of hydrogen-bond acceptors (Lipinski definition) is 3. The average molecular weight is 221 g/mol. The summed E-state index contributed by atoms with van der Waals surface area (Å²) in [6, 6.07) is 3.70. The van der Waals surface area contributed by atoms with Crippen LogP contribution in [0.4, 0.5) is 0 Å². The van der Waals surface area contributed by atoms with Crippen molar-refractivity contribution in [1.82, 2.24) is 4.98 Å². The third-order valence-corrected chi connectivity index (χ3v) is 2.17. The van der Waals surface area contributed by atoms with Gasteiger partial charge in [0, 0.05) is 11.8 Å². The minimum Gasteiger partial charge on any atom is -0.473 e. The lowest BCUT2D eigenvalue weighted by Gasteiger charge is -2.07. The highest BCUT2D eigenvalue weighted by Gasteiger charge is 2.02. The number of allylic oxidation sites excluding steroid dienone is 1. The predicted octanol–water partition coefficient (Wildman–Crippen LogP) is 2.48. The van der Waals surface area contributed by atoms with Crippen LogP contribution >= 0.6 is 0 Å². The molecule has 16 heavy (non-hydrogen) atoms. The summed E-state index contributed by atoms with van der Waals surface area (Å²) in [4.78, 5) is 4.38. The van der Waals surface area contributed by atoms with Crippen molar-refractivity contribution >= 4 is 0 Å². The van der Waals surface area contributed by atoms with E-state index in [-0.39, 0.29) is 6.61 Å². The van der Waals surface area contributed by atoms with Crippen molar-refractivity contribution in [2.45, 2.75) is 33.3 Å². The van der Waals surface area contributed by atoms with Gasteiger partial charge in [-0.15, -0.1) is 0 Å². The fourth-order valence-electron chi connectivity index (χ4n) is 1.40. The van der Waals surface area contributed by atoms with Crippen LogP contribution < -0.4 is 4.74 Å². The van der Waals surface area contributed by atoms with Gasteiger partial charge in [0.05, 0.1) is 6.61 Å². The lowest BCUT2D eigenvalue weighted by atomic mass is 10.2. The zero-order valence-corrected chi connectivity index (χ0v) is 9.94. The minimum absolute atomic E-state index is 0.0270. The van der Waals surface area contributed by atoms with Crippen molar-refractivity contribution in [1.29, 1.82) is 0 Å². The fraction of sp³-hybridized carbons (Fsp3) is 0.462. The number of nitrogens with zero attached hydrogens (tertiary/aromatic N) is 1. The highest BCUT2D eigenvalue weighted by molar-refractivity contribution is 5.25. The van der Waals surface area contributed by atoms with Gasteiger partial charge in [-0.05, 0) is 25.0 Å². The Kier molecular flexibility index (Phi) is 5.57. The second kappa shape index (κ2) is 7.01. The number of aromatic nitrogens is 1. The smallest absolute Gasteiger partial charge is 0.214 e. The van der Waals surface area contributed by atoms with Gasteiger partial charge in [-0.25, -0.2) is 4.98 Å². The van der Waals surface area contributed by atoms with Crippen LogP contribution in [-0.2, 0) is 13.0 Å². The number of rotatable bonds is 6. The summed E-state index contributed by atoms with van der Waals surface area (Å²) in [5.74, 6) is 0.591. The molecule has 88 valence electrons. The quantitative estimate of drug-likeness (QED) is 0.750. The molecular formula is C13H19NO2. The van der Waals surface area contributed by atoms with Gasteiger partial charge in [-0.1, -0.05) is 25.5 Å². The van der Waals surface area contributed by atoms with Crippen molar-refractivity contribution in [2.75, 3.05) is 6.61 Å². The van der Waals surface area contributed by atoms with Gasteiger partial charge in [-0.2, -0.15) is 0 Å². The van der Waals surface area contributed by atoms with Crippen molar-refractivity contribution < 1.29 is 9.84 Å². The van der Waals surface area contributed by atoms with Crippen LogP contribution in [0.1, 0.15) is 31.5 Å². The van der Waals surface area contributed by atoms with Crippen molar-refractivity contribution in [3.05, 3.63) is 35.5 Å². The molecule has 0 aliphatic rings. The molecule has 0 aliphatic heterocycles. The third kappa shape index (κ3) is 4.03. The molecule has 0 atom stereocenters. The van der Waals surface area contributed by atoms with Crippen LogP contribution in [0.3, 0.4) is 0 Å². The molecule has 0 amide bonds. The van der Waals surface area contributed by atoms with E-state index in [0.29, 0.717) is 12.5 Å². The Bertz CT molecular complexity index is 348. The maximum Gasteiger partial charge on any atom is 0.214 e. The highest BCUT2D eigenvalue weighted by Crippen LogP contribution is 2.14. The molecule has 0 aromatic carbocycles. The molecule has 1 N–H and O–H groups in total. The first-order valence-electron chi connectivity index (χ1n) is 5.64. The molecule has 3 heteroatoms. The molecule has 0 fully saturated rings. The summed E-state index contributed by atoms with van der Waals surface area (Å²) in [6.07, 6.45) is 5.81. The van der Waals surface area contributed by atoms with E-state index in [1.807, 2.05) is 25.1 Å². The molecule has 0 bridgehead atoms. The zero-order chi connectivity index (χ0) is 11.8. The minimum atomic E-state index is 0.0270. The molecule has 0 radical (unpaired) electrons. The monoisotopic (exact) mass is 221 g/mol. The molecular weight excluding hydrogens is 202 g/mol. The van der Waals surface area contributed by atoms with E-state index in [1.165, 1.54) is 0 Å². The van der Waals surface area contributed by atoms with Crippen LogP contribution in [0.25, 0.3) is 0 Å². The highest BCUT2D eigenvalue weighted by atomic mass is 16.5. The SMILES string of the molecule is C/C=C/COc1cc(CO)cc(CCC)n1. The number of hydrogen-bond donors (Lipinski definition) is 1. The fourth-order valence-corrected chi connectivity index (χ4v) is 1.40. The van der Waals surface area contributed by atoms with Gasteiger partial charge in [0.2, 0.25) is 5.88 Å². The van der Waals surface area contributed by atoms with Gasteiger partial charge in [0.25, 0.3) is 0 Å². The Morgan fingerprint density at radius 3 is 2.88 bits per heavy atom. The second-order valence-corrected chi connectivity index (χ2v) is 3.59. The summed E-state index contributed by atoms with van der Waals surface area (Å²) in [5.41, 5.74) is 1.83. The number of ether oxygens (including phenoxy) is 1. The van der Waals surface area contributed by atoms with Crippen LogP contribution in [0.15, 0.2) is 24.3 Å². The first-order valence-corrected chi connectivity index (χ1v) is 5.64. The van der Waals surface area contributed by atoms with Crippen molar-refractivity contribution in [3.63, 3.8) is 0 Å². The third-order valence-electron chi connectivity index (χ3n) is 2.17. The Labute approximate surface area is 96.8 Å². The summed E-state index contributed by atoms with van der Waals surface area (Å²) < 4.78 is 5.47. The second-order valence-electron chi connectivity index (χ2n) is 3.59. The van der Waals surface area contributed by atoms with E-state index in [4.69, 9.17) is 9.84 Å². The van der Waals surface area contributed by atoms with Gasteiger partial charge in [0.1, 0.15) is 6.61 Å². The van der Waals surface area contributed by atoms with E-state index in [9.17, 15) is 0 Å². The Hall–Kier alpha value is -1.35. The molecule has 0 saturated carbocycles. The topological polar surface area (TPSA) is 42.4 Å². The Morgan fingerprint density at radius 1 is 1.44 bits per heavy atom. The Balaban J connectivity index is 2.77.